The number of amides is 1. The molecule has 0 unspecified atom stereocenters. The van der Waals surface area contributed by atoms with Gasteiger partial charge in [-0.1, -0.05) is 0 Å². The summed E-state index contributed by atoms with van der Waals surface area (Å²) in [5.41, 5.74) is 0.831. The Balaban J connectivity index is 2.06. The molecule has 1 amide bonds. The van der Waals surface area contributed by atoms with Crippen LogP contribution in [0.5, 0.6) is 0 Å². The monoisotopic (exact) mass is 266 g/mol. The minimum atomic E-state index is -0.954. The van der Waals surface area contributed by atoms with Crippen LogP contribution in [0.1, 0.15) is 16.2 Å². The second kappa shape index (κ2) is 4.96. The third-order valence-corrected chi connectivity index (χ3v) is 2.96. The number of carboxylic acids is 1. The summed E-state index contributed by atoms with van der Waals surface area (Å²) in [4.78, 5) is 26.3. The Kier molecular flexibility index (Phi) is 3.38. The van der Waals surface area contributed by atoms with Crippen LogP contribution in [-0.4, -0.2) is 31.7 Å². The van der Waals surface area contributed by atoms with Crippen LogP contribution >= 0.6 is 11.3 Å². The molecule has 2 rings (SSSR count). The Morgan fingerprint density at radius 1 is 1.56 bits per heavy atom. The third-order valence-electron chi connectivity index (χ3n) is 2.16. The van der Waals surface area contributed by atoms with E-state index >= 15 is 0 Å². The van der Waals surface area contributed by atoms with Crippen molar-refractivity contribution in [3.05, 3.63) is 29.0 Å². The van der Waals surface area contributed by atoms with Crippen LogP contribution in [0, 0.1) is 0 Å². The molecule has 0 bridgehead atoms. The van der Waals surface area contributed by atoms with Gasteiger partial charge in [-0.2, -0.15) is 5.10 Å². The molecule has 7 nitrogen and oxygen atoms in total. The maximum absolute atomic E-state index is 11.8. The number of rotatable bonds is 4. The first-order chi connectivity index (χ1) is 8.56. The van der Waals surface area contributed by atoms with E-state index in [1.807, 2.05) is 0 Å². The Labute approximate surface area is 106 Å². The number of aryl methyl sites for hydroxylation is 1. The number of nitrogens with one attached hydrogen (secondary N) is 1. The van der Waals surface area contributed by atoms with Gasteiger partial charge in [-0.3, -0.25) is 19.6 Å². The number of nitrogens with zero attached hydrogens (tertiary/aromatic N) is 3. The fourth-order valence-electron chi connectivity index (χ4n) is 1.36. The summed E-state index contributed by atoms with van der Waals surface area (Å²) in [6.07, 6.45) is 1.37. The highest BCUT2D eigenvalue weighted by Gasteiger charge is 2.12. The number of aliphatic carboxylic acids is 1. The minimum Gasteiger partial charge on any atom is -0.481 e. The van der Waals surface area contributed by atoms with E-state index in [1.54, 1.807) is 18.5 Å². The molecule has 0 saturated heterocycles. The molecule has 0 saturated carbocycles. The summed E-state index contributed by atoms with van der Waals surface area (Å²) in [5.74, 6) is -1.28. The van der Waals surface area contributed by atoms with Gasteiger partial charge in [-0.25, -0.2) is 4.98 Å². The minimum absolute atomic E-state index is 0.155. The molecule has 0 radical (unpaired) electrons. The van der Waals surface area contributed by atoms with Gasteiger partial charge in [0, 0.05) is 18.6 Å². The van der Waals surface area contributed by atoms with Gasteiger partial charge in [0.15, 0.2) is 5.13 Å². The molecule has 0 atom stereocenters. The smallest absolute Gasteiger partial charge is 0.309 e. The molecular formula is C10H10N4O3S. The number of carbonyl (C=O) groups excluding carboxylic acids is 1. The molecule has 0 aromatic carbocycles. The molecule has 0 spiro atoms. The average Bonchev–Trinajstić information content (AvgIpc) is 2.87. The first-order valence-electron chi connectivity index (χ1n) is 5.02. The molecule has 0 fully saturated rings. The lowest BCUT2D eigenvalue weighted by molar-refractivity contribution is -0.136. The first kappa shape index (κ1) is 12.2. The van der Waals surface area contributed by atoms with Gasteiger partial charge in [0.25, 0.3) is 5.91 Å². The lowest BCUT2D eigenvalue weighted by Crippen LogP contribution is -2.16. The quantitative estimate of drug-likeness (QED) is 0.851. The number of hydrogen-bond donors (Lipinski definition) is 2. The Bertz CT molecular complexity index is 589. The van der Waals surface area contributed by atoms with Crippen LogP contribution < -0.4 is 5.32 Å². The molecule has 2 N–H and O–H groups in total. The van der Waals surface area contributed by atoms with Gasteiger partial charge in [0.05, 0.1) is 12.1 Å². The largest absolute Gasteiger partial charge is 0.481 e. The maximum Gasteiger partial charge on any atom is 0.309 e. The van der Waals surface area contributed by atoms with Crippen molar-refractivity contribution >= 4 is 28.3 Å². The van der Waals surface area contributed by atoms with Crippen molar-refractivity contribution in [1.29, 1.82) is 0 Å². The van der Waals surface area contributed by atoms with E-state index in [0.29, 0.717) is 16.5 Å². The Hall–Kier alpha value is -2.22. The van der Waals surface area contributed by atoms with Crippen LogP contribution in [0.15, 0.2) is 17.6 Å². The van der Waals surface area contributed by atoms with E-state index in [-0.39, 0.29) is 12.3 Å². The van der Waals surface area contributed by atoms with Crippen LogP contribution in [0.25, 0.3) is 0 Å². The zero-order chi connectivity index (χ0) is 13.1. The zero-order valence-corrected chi connectivity index (χ0v) is 10.3. The first-order valence-corrected chi connectivity index (χ1v) is 5.90. The third kappa shape index (κ3) is 2.72. The van der Waals surface area contributed by atoms with E-state index in [4.69, 9.17) is 5.11 Å². The highest BCUT2D eigenvalue weighted by Crippen LogP contribution is 2.16. The highest BCUT2D eigenvalue weighted by atomic mass is 32.1. The van der Waals surface area contributed by atoms with E-state index < -0.39 is 5.97 Å². The van der Waals surface area contributed by atoms with Gasteiger partial charge < -0.3 is 5.11 Å². The van der Waals surface area contributed by atoms with Gasteiger partial charge in [0.1, 0.15) is 5.69 Å². The Morgan fingerprint density at radius 3 is 2.94 bits per heavy atom. The standard InChI is InChI=1S/C10H10N4O3S/c1-14-7(2-3-11-14)9(17)13-10-12-6(5-18-10)4-8(15)16/h2-3,5H,4H2,1H3,(H,15,16)(H,12,13,17). The van der Waals surface area contributed by atoms with Crippen molar-refractivity contribution in [2.75, 3.05) is 5.32 Å². The molecular weight excluding hydrogens is 256 g/mol. The van der Waals surface area contributed by atoms with Crippen LogP contribution in [0.2, 0.25) is 0 Å². The van der Waals surface area contributed by atoms with Crippen molar-refractivity contribution in [2.24, 2.45) is 7.05 Å². The molecule has 2 heterocycles. The highest BCUT2D eigenvalue weighted by molar-refractivity contribution is 7.14. The van der Waals surface area contributed by atoms with Crippen LogP contribution in [0.3, 0.4) is 0 Å². The molecule has 0 aliphatic heterocycles. The summed E-state index contributed by atoms with van der Waals surface area (Å²) in [7, 11) is 1.66. The van der Waals surface area contributed by atoms with Crippen LogP contribution in [0.4, 0.5) is 5.13 Å². The fourth-order valence-corrected chi connectivity index (χ4v) is 2.06. The second-order valence-electron chi connectivity index (χ2n) is 3.51. The maximum atomic E-state index is 11.8. The van der Waals surface area contributed by atoms with Crippen molar-refractivity contribution < 1.29 is 14.7 Å². The summed E-state index contributed by atoms with van der Waals surface area (Å²) in [5, 5.41) is 17.1. The van der Waals surface area contributed by atoms with Crippen molar-refractivity contribution in [2.45, 2.75) is 6.42 Å². The van der Waals surface area contributed by atoms with Crippen molar-refractivity contribution in [3.63, 3.8) is 0 Å². The van der Waals surface area contributed by atoms with Gasteiger partial charge in [-0.05, 0) is 6.07 Å². The molecule has 94 valence electrons. The summed E-state index contributed by atoms with van der Waals surface area (Å²) < 4.78 is 1.45. The predicted molar refractivity (Wildman–Crippen MR) is 64.6 cm³/mol. The van der Waals surface area contributed by atoms with E-state index in [1.165, 1.54) is 22.2 Å². The lowest BCUT2D eigenvalue weighted by atomic mass is 10.3. The normalized spacial score (nSPS) is 10.3. The number of hydrogen-bond acceptors (Lipinski definition) is 5. The number of thiazole rings is 1. The fraction of sp³-hybridized carbons (Fsp3) is 0.200. The number of carbonyl (C=O) groups is 2. The van der Waals surface area contributed by atoms with Gasteiger partial charge in [-0.15, -0.1) is 11.3 Å². The van der Waals surface area contributed by atoms with Gasteiger partial charge in [0.2, 0.25) is 0 Å². The molecule has 2 aromatic rings. The van der Waals surface area contributed by atoms with Crippen molar-refractivity contribution in [1.82, 2.24) is 14.8 Å². The van der Waals surface area contributed by atoms with Crippen molar-refractivity contribution in [3.8, 4) is 0 Å². The SMILES string of the molecule is Cn1nccc1C(=O)Nc1nc(CC(=O)O)cs1. The van der Waals surface area contributed by atoms with E-state index in [2.05, 4.69) is 15.4 Å². The summed E-state index contributed by atoms with van der Waals surface area (Å²) >= 11 is 1.19. The number of anilines is 1. The van der Waals surface area contributed by atoms with E-state index in [0.717, 1.165) is 0 Å². The predicted octanol–water partition coefficient (Wildman–Crippen LogP) is 0.756. The summed E-state index contributed by atoms with van der Waals surface area (Å²) in [6, 6.07) is 1.58. The lowest BCUT2D eigenvalue weighted by Gasteiger charge is -2.01. The number of aromatic nitrogens is 3. The Morgan fingerprint density at radius 2 is 2.33 bits per heavy atom. The second-order valence-corrected chi connectivity index (χ2v) is 4.37. The number of carboxylic acid groups (broad SMARTS) is 1. The van der Waals surface area contributed by atoms with E-state index in [9.17, 15) is 9.59 Å². The molecule has 2 aromatic heterocycles. The van der Waals surface area contributed by atoms with Gasteiger partial charge >= 0.3 is 5.97 Å². The summed E-state index contributed by atoms with van der Waals surface area (Å²) in [6.45, 7) is 0. The molecule has 18 heavy (non-hydrogen) atoms. The molecule has 0 aliphatic rings. The molecule has 0 aliphatic carbocycles. The topological polar surface area (TPSA) is 97.1 Å². The zero-order valence-electron chi connectivity index (χ0n) is 9.45. The average molecular weight is 266 g/mol. The molecule has 8 heteroatoms. The van der Waals surface area contributed by atoms with Crippen LogP contribution in [-0.2, 0) is 18.3 Å².